The Morgan fingerprint density at radius 1 is 1.17 bits per heavy atom. The molecule has 4 aromatic rings. The molecule has 0 bridgehead atoms. The maximum Gasteiger partial charge on any atom is 0.250 e. The average Bonchev–Trinajstić information content (AvgIpc) is 3.43. The van der Waals surface area contributed by atoms with Crippen LogP contribution in [0.1, 0.15) is 5.76 Å². The zero-order chi connectivity index (χ0) is 20.8. The topological polar surface area (TPSA) is 98.2 Å². The molecule has 4 rings (SSSR count). The average molecular weight is 483 g/mol. The van der Waals surface area contributed by atoms with Crippen LogP contribution in [0.2, 0.25) is 0 Å². The second-order valence-corrected chi connectivity index (χ2v) is 7.81. The van der Waals surface area contributed by atoms with Gasteiger partial charge in [-0.05, 0) is 48.5 Å². The molecule has 0 radical (unpaired) electrons. The number of nitrogens with one attached hydrogen (secondary N) is 1. The highest BCUT2D eigenvalue weighted by atomic mass is 79.9. The Morgan fingerprint density at radius 3 is 2.70 bits per heavy atom. The molecule has 0 fully saturated rings. The van der Waals surface area contributed by atoms with Gasteiger partial charge in [0, 0.05) is 28.1 Å². The van der Waals surface area contributed by atoms with Crippen molar-refractivity contribution in [3.05, 3.63) is 77.4 Å². The number of carbonyl (C=O) groups is 1. The zero-order valence-corrected chi connectivity index (χ0v) is 17.9. The Morgan fingerprint density at radius 2 is 1.97 bits per heavy atom. The van der Waals surface area contributed by atoms with E-state index in [1.807, 2.05) is 41.0 Å². The second kappa shape index (κ2) is 9.51. The van der Waals surface area contributed by atoms with Gasteiger partial charge in [-0.25, -0.2) is 5.43 Å². The lowest BCUT2D eigenvalue weighted by Crippen LogP contribution is -2.19. The first-order valence-corrected chi connectivity index (χ1v) is 10.6. The van der Waals surface area contributed by atoms with E-state index < -0.39 is 0 Å². The number of amides is 1. The summed E-state index contributed by atoms with van der Waals surface area (Å²) in [5.41, 5.74) is 4.23. The number of furan rings is 1. The van der Waals surface area contributed by atoms with Crippen molar-refractivity contribution >= 4 is 39.8 Å². The number of pyridine rings is 1. The summed E-state index contributed by atoms with van der Waals surface area (Å²) in [6, 6.07) is 15.0. The fraction of sp³-hybridized carbons (Fsp3) is 0.0500. The molecule has 0 atom stereocenters. The van der Waals surface area contributed by atoms with E-state index in [1.165, 1.54) is 24.2 Å². The van der Waals surface area contributed by atoms with E-state index in [-0.39, 0.29) is 11.7 Å². The number of hydrogen-bond donors (Lipinski definition) is 1. The number of benzene rings is 1. The first-order chi connectivity index (χ1) is 14.7. The van der Waals surface area contributed by atoms with Crippen LogP contribution in [0, 0.1) is 0 Å². The van der Waals surface area contributed by atoms with Crippen LogP contribution in [0.4, 0.5) is 0 Å². The van der Waals surface area contributed by atoms with Crippen LogP contribution < -0.4 is 5.43 Å². The van der Waals surface area contributed by atoms with Crippen molar-refractivity contribution in [3.63, 3.8) is 0 Å². The molecule has 0 saturated heterocycles. The van der Waals surface area contributed by atoms with Crippen molar-refractivity contribution in [2.75, 3.05) is 5.75 Å². The van der Waals surface area contributed by atoms with Gasteiger partial charge < -0.3 is 4.42 Å². The van der Waals surface area contributed by atoms with E-state index in [1.54, 1.807) is 24.5 Å². The highest BCUT2D eigenvalue weighted by molar-refractivity contribution is 9.10. The summed E-state index contributed by atoms with van der Waals surface area (Å²) in [7, 11) is 0. The number of rotatable bonds is 7. The van der Waals surface area contributed by atoms with Crippen molar-refractivity contribution in [2.45, 2.75) is 5.16 Å². The molecule has 8 nitrogen and oxygen atoms in total. The zero-order valence-electron chi connectivity index (χ0n) is 15.5. The Balaban J connectivity index is 1.53. The third-order valence-electron chi connectivity index (χ3n) is 3.91. The molecule has 0 aliphatic rings. The van der Waals surface area contributed by atoms with Gasteiger partial charge in [-0.1, -0.05) is 27.7 Å². The molecule has 30 heavy (non-hydrogen) atoms. The van der Waals surface area contributed by atoms with Gasteiger partial charge in [0.1, 0.15) is 5.76 Å². The molecule has 1 aromatic carbocycles. The van der Waals surface area contributed by atoms with Crippen molar-refractivity contribution in [1.29, 1.82) is 0 Å². The first-order valence-electron chi connectivity index (χ1n) is 8.80. The van der Waals surface area contributed by atoms with E-state index in [2.05, 4.69) is 41.6 Å². The molecule has 3 heterocycles. The third-order valence-corrected chi connectivity index (χ3v) is 5.37. The highest BCUT2D eigenvalue weighted by Crippen LogP contribution is 2.28. The molecule has 10 heteroatoms. The largest absolute Gasteiger partial charge is 0.463 e. The molecule has 0 aliphatic carbocycles. The summed E-state index contributed by atoms with van der Waals surface area (Å²) < 4.78 is 8.00. The van der Waals surface area contributed by atoms with Crippen LogP contribution in [0.3, 0.4) is 0 Å². The highest BCUT2D eigenvalue weighted by Gasteiger charge is 2.17. The van der Waals surface area contributed by atoms with E-state index >= 15 is 0 Å². The van der Waals surface area contributed by atoms with Gasteiger partial charge >= 0.3 is 0 Å². The Hall–Kier alpha value is -3.24. The molecular weight excluding hydrogens is 468 g/mol. The minimum Gasteiger partial charge on any atom is -0.463 e. The Bertz CT molecular complexity index is 1140. The van der Waals surface area contributed by atoms with Gasteiger partial charge in [0.05, 0.1) is 18.2 Å². The fourth-order valence-corrected chi connectivity index (χ4v) is 3.58. The van der Waals surface area contributed by atoms with Crippen LogP contribution in [-0.4, -0.2) is 37.6 Å². The molecule has 1 N–H and O–H groups in total. The van der Waals surface area contributed by atoms with Gasteiger partial charge in [-0.15, -0.1) is 10.2 Å². The summed E-state index contributed by atoms with van der Waals surface area (Å²) in [6.07, 6.45) is 6.38. The molecule has 0 aliphatic heterocycles. The van der Waals surface area contributed by atoms with Gasteiger partial charge in [0.2, 0.25) is 0 Å². The number of aromatic nitrogens is 4. The number of nitrogens with zero attached hydrogens (tertiary/aromatic N) is 5. The van der Waals surface area contributed by atoms with Crippen LogP contribution in [0.25, 0.3) is 17.1 Å². The lowest BCUT2D eigenvalue weighted by Gasteiger charge is -2.10. The molecule has 1 amide bonds. The normalized spacial score (nSPS) is 11.1. The fourth-order valence-electron chi connectivity index (χ4n) is 2.57. The Labute approximate surface area is 184 Å². The van der Waals surface area contributed by atoms with Crippen molar-refractivity contribution < 1.29 is 9.21 Å². The van der Waals surface area contributed by atoms with Crippen LogP contribution in [-0.2, 0) is 4.79 Å². The lowest BCUT2D eigenvalue weighted by atomic mass is 10.2. The van der Waals surface area contributed by atoms with Gasteiger partial charge in [0.25, 0.3) is 5.91 Å². The number of hydrazone groups is 1. The summed E-state index contributed by atoms with van der Waals surface area (Å²) >= 11 is 4.72. The van der Waals surface area contributed by atoms with Crippen molar-refractivity contribution in [2.24, 2.45) is 5.10 Å². The van der Waals surface area contributed by atoms with E-state index in [4.69, 9.17) is 4.42 Å². The van der Waals surface area contributed by atoms with Crippen LogP contribution in [0.5, 0.6) is 0 Å². The monoisotopic (exact) mass is 482 g/mol. The molecule has 150 valence electrons. The molecule has 0 unspecified atom stereocenters. The van der Waals surface area contributed by atoms with Crippen molar-refractivity contribution in [3.8, 4) is 17.1 Å². The van der Waals surface area contributed by atoms with Crippen LogP contribution >= 0.6 is 27.7 Å². The number of thioether (sulfide) groups is 1. The lowest BCUT2D eigenvalue weighted by molar-refractivity contribution is -0.118. The first kappa shape index (κ1) is 20.0. The summed E-state index contributed by atoms with van der Waals surface area (Å²) in [6.45, 7) is 0. The SMILES string of the molecule is O=C(CSc1nnc(-c2ccncc2)n1-c1ccc(Br)cc1)N/N=C/c1ccco1. The standard InChI is InChI=1S/C20H15BrN6O2S/c21-15-3-5-16(6-4-15)27-19(14-7-9-22-10-8-14)25-26-20(27)30-13-18(28)24-23-12-17-2-1-11-29-17/h1-12H,13H2,(H,24,28)/b23-12+. The van der Waals surface area contributed by atoms with Gasteiger partial charge in [-0.2, -0.15) is 5.10 Å². The van der Waals surface area contributed by atoms with Gasteiger partial charge in [-0.3, -0.25) is 14.3 Å². The second-order valence-electron chi connectivity index (χ2n) is 5.95. The molecule has 0 spiro atoms. The van der Waals surface area contributed by atoms with Crippen LogP contribution in [0.15, 0.2) is 86.3 Å². The molecular formula is C20H15BrN6O2S. The molecule has 0 saturated carbocycles. The summed E-state index contributed by atoms with van der Waals surface area (Å²) in [4.78, 5) is 16.2. The van der Waals surface area contributed by atoms with E-state index in [9.17, 15) is 4.79 Å². The minimum atomic E-state index is -0.265. The number of halogens is 1. The predicted octanol–water partition coefficient (Wildman–Crippen LogP) is 3.93. The van der Waals surface area contributed by atoms with E-state index in [0.29, 0.717) is 16.7 Å². The number of hydrogen-bond acceptors (Lipinski definition) is 7. The summed E-state index contributed by atoms with van der Waals surface area (Å²) in [5.74, 6) is 1.08. The Kier molecular flexibility index (Phi) is 6.35. The van der Waals surface area contributed by atoms with E-state index in [0.717, 1.165) is 15.7 Å². The van der Waals surface area contributed by atoms with Gasteiger partial charge in [0.15, 0.2) is 11.0 Å². The predicted molar refractivity (Wildman–Crippen MR) is 117 cm³/mol. The maximum atomic E-state index is 12.2. The quantitative estimate of drug-likeness (QED) is 0.243. The third kappa shape index (κ3) is 4.84. The van der Waals surface area contributed by atoms with Crippen molar-refractivity contribution in [1.82, 2.24) is 25.2 Å². The summed E-state index contributed by atoms with van der Waals surface area (Å²) in [5, 5.41) is 13.1. The molecule has 3 aromatic heterocycles. The smallest absolute Gasteiger partial charge is 0.250 e. The minimum absolute atomic E-state index is 0.125. The maximum absolute atomic E-state index is 12.2. The number of carbonyl (C=O) groups excluding carboxylic acids is 1.